The van der Waals surface area contributed by atoms with E-state index in [2.05, 4.69) is 0 Å². The van der Waals surface area contributed by atoms with Crippen molar-refractivity contribution in [3.8, 4) is 23.0 Å². The van der Waals surface area contributed by atoms with Crippen LogP contribution in [0.1, 0.15) is 20.7 Å². The van der Waals surface area contributed by atoms with Crippen LogP contribution in [0.2, 0.25) is 0 Å². The highest BCUT2D eigenvalue weighted by Gasteiger charge is 2.19. The van der Waals surface area contributed by atoms with Gasteiger partial charge in [-0.3, -0.25) is 4.79 Å². The zero-order valence-electron chi connectivity index (χ0n) is 15.0. The second kappa shape index (κ2) is 8.75. The summed E-state index contributed by atoms with van der Waals surface area (Å²) in [4.78, 5) is 24.6. The fraction of sp³-hybridized carbons (Fsp3) is 0.263. The summed E-state index contributed by atoms with van der Waals surface area (Å²) in [5, 5.41) is 0. The fourth-order valence-electron chi connectivity index (χ4n) is 2.35. The van der Waals surface area contributed by atoms with Crippen LogP contribution in [0.25, 0.3) is 0 Å². The molecule has 0 amide bonds. The normalized spacial score (nSPS) is 10.0. The number of para-hydroxylation sites is 1. The maximum atomic E-state index is 12.3. The minimum atomic E-state index is -0.686. The lowest BCUT2D eigenvalue weighted by atomic mass is 10.1. The van der Waals surface area contributed by atoms with E-state index in [-0.39, 0.29) is 17.1 Å². The number of carbonyl (C=O) groups is 2. The predicted molar refractivity (Wildman–Crippen MR) is 93.7 cm³/mol. The predicted octanol–water partition coefficient (Wildman–Crippen LogP) is 2.76. The molecule has 0 saturated carbocycles. The first kappa shape index (κ1) is 19.1. The Morgan fingerprint density at radius 3 is 2.12 bits per heavy atom. The number of ether oxygens (including phenoxy) is 5. The average Bonchev–Trinajstić information content (AvgIpc) is 2.70. The SMILES string of the molecule is COc1ccc(C(=O)COC(=O)c2cccc(OC)c2OC)cc1OC. The van der Waals surface area contributed by atoms with Crippen LogP contribution in [0.4, 0.5) is 0 Å². The molecule has 0 saturated heterocycles. The molecule has 0 heterocycles. The van der Waals surface area contributed by atoms with Gasteiger partial charge >= 0.3 is 5.97 Å². The number of hydrogen-bond donors (Lipinski definition) is 0. The van der Waals surface area contributed by atoms with Crippen LogP contribution in [0.15, 0.2) is 36.4 Å². The Morgan fingerprint density at radius 2 is 1.50 bits per heavy atom. The fourth-order valence-corrected chi connectivity index (χ4v) is 2.35. The molecule has 138 valence electrons. The van der Waals surface area contributed by atoms with E-state index in [0.29, 0.717) is 22.8 Å². The van der Waals surface area contributed by atoms with Gasteiger partial charge in [-0.15, -0.1) is 0 Å². The van der Waals surface area contributed by atoms with Gasteiger partial charge in [0.15, 0.2) is 35.4 Å². The van der Waals surface area contributed by atoms with E-state index >= 15 is 0 Å². The molecule has 2 aromatic rings. The summed E-state index contributed by atoms with van der Waals surface area (Å²) in [6.07, 6.45) is 0. The Bertz CT molecular complexity index is 798. The number of ketones is 1. The van der Waals surface area contributed by atoms with Crippen LogP contribution < -0.4 is 18.9 Å². The van der Waals surface area contributed by atoms with Crippen LogP contribution in [-0.4, -0.2) is 46.8 Å². The van der Waals surface area contributed by atoms with Gasteiger partial charge < -0.3 is 23.7 Å². The van der Waals surface area contributed by atoms with Gasteiger partial charge in [-0.2, -0.15) is 0 Å². The van der Waals surface area contributed by atoms with Gasteiger partial charge in [0.25, 0.3) is 0 Å². The van der Waals surface area contributed by atoms with E-state index in [1.165, 1.54) is 40.6 Å². The largest absolute Gasteiger partial charge is 0.493 e. The Hall–Kier alpha value is -3.22. The third-order valence-corrected chi connectivity index (χ3v) is 3.66. The van der Waals surface area contributed by atoms with Gasteiger partial charge in [0.2, 0.25) is 0 Å². The molecule has 0 aliphatic rings. The Morgan fingerprint density at radius 1 is 0.808 bits per heavy atom. The standard InChI is InChI=1S/C19H20O7/c1-22-15-9-8-12(10-17(15)24-3)14(20)11-26-19(21)13-6-5-7-16(23-2)18(13)25-4/h5-10H,11H2,1-4H3. The maximum absolute atomic E-state index is 12.3. The lowest BCUT2D eigenvalue weighted by molar-refractivity contribution is 0.0471. The molecule has 0 spiro atoms. The van der Waals surface area contributed by atoms with E-state index in [0.717, 1.165) is 0 Å². The topological polar surface area (TPSA) is 80.3 Å². The summed E-state index contributed by atoms with van der Waals surface area (Å²) in [6.45, 7) is -0.422. The maximum Gasteiger partial charge on any atom is 0.342 e. The van der Waals surface area contributed by atoms with Crippen molar-refractivity contribution in [2.24, 2.45) is 0 Å². The van der Waals surface area contributed by atoms with Crippen molar-refractivity contribution < 1.29 is 33.3 Å². The number of Topliss-reactive ketones (excluding diaryl/α,β-unsaturated/α-hetero) is 1. The van der Waals surface area contributed by atoms with Crippen molar-refractivity contribution in [2.75, 3.05) is 35.0 Å². The van der Waals surface area contributed by atoms with E-state index in [9.17, 15) is 9.59 Å². The van der Waals surface area contributed by atoms with Crippen LogP contribution in [0.5, 0.6) is 23.0 Å². The van der Waals surface area contributed by atoms with Crippen molar-refractivity contribution in [1.82, 2.24) is 0 Å². The lowest BCUT2D eigenvalue weighted by Crippen LogP contribution is -2.15. The average molecular weight is 360 g/mol. The first-order valence-corrected chi connectivity index (χ1v) is 7.69. The molecule has 0 atom stereocenters. The molecule has 0 aromatic heterocycles. The van der Waals surface area contributed by atoms with E-state index in [4.69, 9.17) is 23.7 Å². The summed E-state index contributed by atoms with van der Waals surface area (Å²) < 4.78 is 25.7. The minimum Gasteiger partial charge on any atom is -0.493 e. The molecule has 0 bridgehead atoms. The minimum absolute atomic E-state index is 0.173. The van der Waals surface area contributed by atoms with Gasteiger partial charge in [-0.05, 0) is 30.3 Å². The Kier molecular flexibility index (Phi) is 6.43. The van der Waals surface area contributed by atoms with E-state index in [1.807, 2.05) is 0 Å². The molecule has 0 fully saturated rings. The molecular formula is C19H20O7. The van der Waals surface area contributed by atoms with Crippen LogP contribution >= 0.6 is 0 Å². The second-order valence-electron chi connectivity index (χ2n) is 5.11. The molecule has 2 aromatic carbocycles. The number of esters is 1. The molecule has 26 heavy (non-hydrogen) atoms. The molecule has 0 aliphatic carbocycles. The lowest BCUT2D eigenvalue weighted by Gasteiger charge is -2.12. The molecule has 0 unspecified atom stereocenters. The number of hydrogen-bond acceptors (Lipinski definition) is 7. The zero-order valence-corrected chi connectivity index (χ0v) is 15.0. The molecule has 0 radical (unpaired) electrons. The zero-order chi connectivity index (χ0) is 19.1. The van der Waals surface area contributed by atoms with Crippen molar-refractivity contribution in [3.05, 3.63) is 47.5 Å². The summed E-state index contributed by atoms with van der Waals surface area (Å²) in [5.41, 5.74) is 0.514. The molecular weight excluding hydrogens is 340 g/mol. The van der Waals surface area contributed by atoms with Gasteiger partial charge in [-0.25, -0.2) is 4.79 Å². The number of methoxy groups -OCH3 is 4. The van der Waals surface area contributed by atoms with Crippen LogP contribution in [-0.2, 0) is 4.74 Å². The summed E-state index contributed by atoms with van der Waals surface area (Å²) in [6, 6.07) is 9.53. The van der Waals surface area contributed by atoms with Gasteiger partial charge in [0, 0.05) is 5.56 Å². The number of rotatable bonds is 8. The third kappa shape index (κ3) is 4.05. The highest BCUT2D eigenvalue weighted by Crippen LogP contribution is 2.31. The van der Waals surface area contributed by atoms with Crippen molar-refractivity contribution in [2.45, 2.75) is 0 Å². The Balaban J connectivity index is 2.11. The first-order chi connectivity index (χ1) is 12.5. The van der Waals surface area contributed by atoms with Gasteiger partial charge in [-0.1, -0.05) is 6.07 Å². The number of carbonyl (C=O) groups excluding carboxylic acids is 2. The molecule has 7 heteroatoms. The van der Waals surface area contributed by atoms with E-state index < -0.39 is 12.6 Å². The summed E-state index contributed by atoms with van der Waals surface area (Å²) >= 11 is 0. The van der Waals surface area contributed by atoms with Gasteiger partial charge in [0.05, 0.1) is 28.4 Å². The van der Waals surface area contributed by atoms with Gasteiger partial charge in [0.1, 0.15) is 5.56 Å². The monoisotopic (exact) mass is 360 g/mol. The smallest absolute Gasteiger partial charge is 0.342 e. The quantitative estimate of drug-likeness (QED) is 0.529. The first-order valence-electron chi connectivity index (χ1n) is 7.69. The number of benzene rings is 2. The third-order valence-electron chi connectivity index (χ3n) is 3.66. The summed E-state index contributed by atoms with van der Waals surface area (Å²) in [7, 11) is 5.86. The molecule has 2 rings (SSSR count). The Labute approximate surface area is 151 Å². The molecule has 7 nitrogen and oxygen atoms in total. The highest BCUT2D eigenvalue weighted by atomic mass is 16.5. The van der Waals surface area contributed by atoms with Crippen molar-refractivity contribution in [1.29, 1.82) is 0 Å². The van der Waals surface area contributed by atoms with Crippen molar-refractivity contribution >= 4 is 11.8 Å². The molecule has 0 N–H and O–H groups in total. The second-order valence-corrected chi connectivity index (χ2v) is 5.11. The van der Waals surface area contributed by atoms with Crippen LogP contribution in [0, 0.1) is 0 Å². The summed E-state index contributed by atoms with van der Waals surface area (Å²) in [5.74, 6) is 0.503. The van der Waals surface area contributed by atoms with Crippen LogP contribution in [0.3, 0.4) is 0 Å². The van der Waals surface area contributed by atoms with Crippen molar-refractivity contribution in [3.63, 3.8) is 0 Å². The highest BCUT2D eigenvalue weighted by molar-refractivity contribution is 6.00. The molecule has 0 aliphatic heterocycles. The van der Waals surface area contributed by atoms with E-state index in [1.54, 1.807) is 24.3 Å².